The predicted octanol–water partition coefficient (Wildman–Crippen LogP) is 3.45. The third-order valence-electron chi connectivity index (χ3n) is 4.89. The molecule has 25 heavy (non-hydrogen) atoms. The Labute approximate surface area is 149 Å². The van der Waals surface area contributed by atoms with Crippen LogP contribution in [0.5, 0.6) is 0 Å². The zero-order valence-corrected chi connectivity index (χ0v) is 15.8. The Hall–Kier alpha value is -1.88. The summed E-state index contributed by atoms with van der Waals surface area (Å²) in [7, 11) is 0. The molecule has 0 atom stereocenters. The first-order chi connectivity index (χ1) is 11.5. The molecule has 2 rings (SSSR count). The Morgan fingerprint density at radius 2 is 1.44 bits per heavy atom. The molecule has 0 aromatic heterocycles. The minimum atomic E-state index is -0.532. The van der Waals surface area contributed by atoms with Crippen molar-refractivity contribution in [3.8, 4) is 0 Å². The monoisotopic (exact) mass is 348 g/mol. The van der Waals surface area contributed by atoms with Gasteiger partial charge in [-0.25, -0.2) is 9.59 Å². The zero-order chi connectivity index (χ0) is 19.0. The summed E-state index contributed by atoms with van der Waals surface area (Å²) in [5, 5.41) is 10.2. The second-order valence-corrected chi connectivity index (χ2v) is 8.40. The minimum absolute atomic E-state index is 0.266. The molecule has 0 heterocycles. The number of carbonyl (C=O) groups excluding carboxylic acids is 2. The summed E-state index contributed by atoms with van der Waals surface area (Å²) in [4.78, 5) is 24.3. The lowest BCUT2D eigenvalue weighted by Crippen LogP contribution is -2.68. The normalized spacial score (nSPS) is 23.7. The second kappa shape index (κ2) is 6.79. The fourth-order valence-electron chi connectivity index (χ4n) is 3.66. The third kappa shape index (κ3) is 3.71. The summed E-state index contributed by atoms with van der Waals surface area (Å²) in [5.41, 5.74) is -0.204. The Kier molecular flexibility index (Phi) is 5.28. The number of esters is 2. The molecule has 0 aliphatic heterocycles. The van der Waals surface area contributed by atoms with Crippen molar-refractivity contribution < 1.29 is 24.2 Å². The molecular formula is C20H28O5. The second-order valence-electron chi connectivity index (χ2n) is 8.40. The maximum absolute atomic E-state index is 12.4. The molecule has 0 spiro atoms. The molecule has 5 heteroatoms. The maximum Gasteiger partial charge on any atom is 0.338 e. The van der Waals surface area contributed by atoms with E-state index in [-0.39, 0.29) is 12.0 Å². The summed E-state index contributed by atoms with van der Waals surface area (Å²) in [6, 6.07) is 6.24. The van der Waals surface area contributed by atoms with E-state index < -0.39 is 28.9 Å². The number of ether oxygens (including phenoxy) is 2. The highest BCUT2D eigenvalue weighted by molar-refractivity contribution is 5.93. The van der Waals surface area contributed by atoms with Crippen molar-refractivity contribution in [2.75, 3.05) is 6.61 Å². The van der Waals surface area contributed by atoms with Crippen molar-refractivity contribution in [2.45, 2.75) is 53.8 Å². The summed E-state index contributed by atoms with van der Waals surface area (Å²) in [5.74, 6) is -0.596. The number of aliphatic hydroxyl groups is 1. The molecule has 1 aliphatic carbocycles. The van der Waals surface area contributed by atoms with Crippen molar-refractivity contribution >= 4 is 11.9 Å². The minimum Gasteiger partial charge on any atom is -0.462 e. The van der Waals surface area contributed by atoms with Crippen LogP contribution in [-0.4, -0.2) is 35.9 Å². The molecule has 1 aromatic rings. The standard InChI is InChI=1S/C20H28O5/c1-12(2)11-24-15(21)13-7-9-14(10-8-13)16(22)25-18-19(3,4)17(23)20(18,5)6/h7-10,12,17-18,23H,11H2,1-6H3. The highest BCUT2D eigenvalue weighted by Gasteiger charge is 2.63. The summed E-state index contributed by atoms with van der Waals surface area (Å²) < 4.78 is 10.8. The zero-order valence-electron chi connectivity index (χ0n) is 15.8. The van der Waals surface area contributed by atoms with Gasteiger partial charge < -0.3 is 14.6 Å². The van der Waals surface area contributed by atoms with E-state index in [9.17, 15) is 14.7 Å². The van der Waals surface area contributed by atoms with E-state index in [2.05, 4.69) is 0 Å². The number of carbonyl (C=O) groups is 2. The van der Waals surface area contributed by atoms with Gasteiger partial charge in [0.2, 0.25) is 0 Å². The van der Waals surface area contributed by atoms with Crippen molar-refractivity contribution in [1.82, 2.24) is 0 Å². The van der Waals surface area contributed by atoms with Gasteiger partial charge in [-0.2, -0.15) is 0 Å². The van der Waals surface area contributed by atoms with Crippen LogP contribution in [0.25, 0.3) is 0 Å². The smallest absolute Gasteiger partial charge is 0.338 e. The van der Waals surface area contributed by atoms with Crippen molar-refractivity contribution in [2.24, 2.45) is 16.7 Å². The lowest BCUT2D eigenvalue weighted by Gasteiger charge is -2.60. The molecular weight excluding hydrogens is 320 g/mol. The summed E-state index contributed by atoms with van der Waals surface area (Å²) >= 11 is 0. The first-order valence-corrected chi connectivity index (χ1v) is 8.64. The number of hydrogen-bond acceptors (Lipinski definition) is 5. The number of aliphatic hydroxyl groups excluding tert-OH is 1. The molecule has 0 amide bonds. The SMILES string of the molecule is CC(C)COC(=O)c1ccc(C(=O)OC2C(C)(C)C(O)C2(C)C)cc1. The fraction of sp³-hybridized carbons (Fsp3) is 0.600. The Bertz CT molecular complexity index is 627. The quantitative estimate of drug-likeness (QED) is 0.825. The maximum atomic E-state index is 12.4. The van der Waals surface area contributed by atoms with E-state index in [1.807, 2.05) is 41.5 Å². The molecule has 1 fully saturated rings. The molecule has 0 unspecified atom stereocenters. The van der Waals surface area contributed by atoms with E-state index in [0.29, 0.717) is 17.7 Å². The molecule has 0 saturated heterocycles. The van der Waals surface area contributed by atoms with Gasteiger partial charge in [0.05, 0.1) is 23.8 Å². The van der Waals surface area contributed by atoms with E-state index in [1.54, 1.807) is 24.3 Å². The molecule has 0 radical (unpaired) electrons. The molecule has 138 valence electrons. The highest BCUT2D eigenvalue weighted by atomic mass is 16.6. The van der Waals surface area contributed by atoms with Gasteiger partial charge in [-0.05, 0) is 30.2 Å². The predicted molar refractivity (Wildman–Crippen MR) is 94.3 cm³/mol. The van der Waals surface area contributed by atoms with E-state index in [4.69, 9.17) is 9.47 Å². The van der Waals surface area contributed by atoms with Gasteiger partial charge in [0, 0.05) is 10.8 Å². The molecule has 1 aliphatic rings. The average Bonchev–Trinajstić information content (AvgIpc) is 2.56. The van der Waals surface area contributed by atoms with Gasteiger partial charge in [0.25, 0.3) is 0 Å². The molecule has 0 bridgehead atoms. The summed E-state index contributed by atoms with van der Waals surface area (Å²) in [6.07, 6.45) is -0.908. The summed E-state index contributed by atoms with van der Waals surface area (Å²) in [6.45, 7) is 11.8. The van der Waals surface area contributed by atoms with Gasteiger partial charge in [-0.3, -0.25) is 0 Å². The third-order valence-corrected chi connectivity index (χ3v) is 4.89. The van der Waals surface area contributed by atoms with Crippen LogP contribution in [0.1, 0.15) is 62.3 Å². The van der Waals surface area contributed by atoms with Crippen molar-refractivity contribution in [1.29, 1.82) is 0 Å². The van der Waals surface area contributed by atoms with Crippen molar-refractivity contribution in [3.63, 3.8) is 0 Å². The first kappa shape index (κ1) is 19.4. The van der Waals surface area contributed by atoms with Crippen LogP contribution in [0, 0.1) is 16.7 Å². The van der Waals surface area contributed by atoms with Crippen LogP contribution >= 0.6 is 0 Å². The number of benzene rings is 1. The van der Waals surface area contributed by atoms with E-state index in [0.717, 1.165) is 0 Å². The van der Waals surface area contributed by atoms with Gasteiger partial charge >= 0.3 is 11.9 Å². The van der Waals surface area contributed by atoms with Gasteiger partial charge in [0.1, 0.15) is 6.10 Å². The van der Waals surface area contributed by atoms with Gasteiger partial charge in [-0.1, -0.05) is 41.5 Å². The van der Waals surface area contributed by atoms with Gasteiger partial charge in [-0.15, -0.1) is 0 Å². The lowest BCUT2D eigenvalue weighted by molar-refractivity contribution is -0.246. The van der Waals surface area contributed by atoms with Crippen LogP contribution in [0.4, 0.5) is 0 Å². The van der Waals surface area contributed by atoms with E-state index >= 15 is 0 Å². The lowest BCUT2D eigenvalue weighted by atomic mass is 9.51. The van der Waals surface area contributed by atoms with Crippen LogP contribution in [0.3, 0.4) is 0 Å². The van der Waals surface area contributed by atoms with Crippen molar-refractivity contribution in [3.05, 3.63) is 35.4 Å². The molecule has 1 aromatic carbocycles. The Morgan fingerprint density at radius 3 is 1.88 bits per heavy atom. The highest BCUT2D eigenvalue weighted by Crippen LogP contribution is 2.55. The van der Waals surface area contributed by atoms with Crippen LogP contribution in [0.15, 0.2) is 24.3 Å². The average molecular weight is 348 g/mol. The Morgan fingerprint density at radius 1 is 1.00 bits per heavy atom. The van der Waals surface area contributed by atoms with Crippen LogP contribution in [-0.2, 0) is 9.47 Å². The number of rotatable bonds is 5. The number of hydrogen-bond donors (Lipinski definition) is 1. The van der Waals surface area contributed by atoms with Crippen LogP contribution in [0.2, 0.25) is 0 Å². The largest absolute Gasteiger partial charge is 0.462 e. The Balaban J connectivity index is 2.03. The molecule has 5 nitrogen and oxygen atoms in total. The topological polar surface area (TPSA) is 72.8 Å². The molecule has 1 saturated carbocycles. The first-order valence-electron chi connectivity index (χ1n) is 8.64. The van der Waals surface area contributed by atoms with E-state index in [1.165, 1.54) is 0 Å². The van der Waals surface area contributed by atoms with Gasteiger partial charge in [0.15, 0.2) is 0 Å². The fourth-order valence-corrected chi connectivity index (χ4v) is 3.66. The van der Waals surface area contributed by atoms with Crippen LogP contribution < -0.4 is 0 Å². The molecule has 1 N–H and O–H groups in total.